The van der Waals surface area contributed by atoms with E-state index in [1.807, 2.05) is 0 Å². The van der Waals surface area contributed by atoms with Gasteiger partial charge in [0.15, 0.2) is 0 Å². The Kier molecular flexibility index (Phi) is 3.64. The first-order valence-electron chi connectivity index (χ1n) is 5.87. The Bertz CT molecular complexity index is 395. The first-order valence-corrected chi connectivity index (χ1v) is 5.87. The molecule has 1 aliphatic rings. The van der Waals surface area contributed by atoms with Crippen LogP contribution >= 0.6 is 0 Å². The van der Waals surface area contributed by atoms with Crippen LogP contribution in [0.15, 0.2) is 18.2 Å². The summed E-state index contributed by atoms with van der Waals surface area (Å²) < 4.78 is 18.5. The fourth-order valence-corrected chi connectivity index (χ4v) is 2.29. The van der Waals surface area contributed by atoms with E-state index in [1.54, 1.807) is 20.1 Å². The van der Waals surface area contributed by atoms with Gasteiger partial charge in [0.1, 0.15) is 5.82 Å². The molecule has 0 radical (unpaired) electrons. The lowest BCUT2D eigenvalue weighted by molar-refractivity contribution is 0.121. The molecule has 0 aromatic heterocycles. The third-order valence-electron chi connectivity index (χ3n) is 3.26. The Morgan fingerprint density at radius 2 is 2.29 bits per heavy atom. The summed E-state index contributed by atoms with van der Waals surface area (Å²) in [6.07, 6.45) is 0.525. The summed E-state index contributed by atoms with van der Waals surface area (Å²) in [5.41, 5.74) is 1.54. The number of hydrogen-bond acceptors (Lipinski definition) is 3. The molecule has 1 saturated heterocycles. The van der Waals surface area contributed by atoms with E-state index in [-0.39, 0.29) is 11.9 Å². The van der Waals surface area contributed by atoms with Crippen LogP contribution in [0.2, 0.25) is 0 Å². The van der Waals surface area contributed by atoms with Gasteiger partial charge in [-0.25, -0.2) is 4.39 Å². The summed E-state index contributed by atoms with van der Waals surface area (Å²) in [5.74, 6) is -0.313. The fraction of sp³-hybridized carbons (Fsp3) is 0.538. The largest absolute Gasteiger partial charge is 0.389 e. The van der Waals surface area contributed by atoms with Crippen molar-refractivity contribution in [2.45, 2.75) is 25.6 Å². The van der Waals surface area contributed by atoms with Crippen LogP contribution < -0.4 is 4.90 Å². The minimum atomic E-state index is -0.665. The van der Waals surface area contributed by atoms with Crippen LogP contribution in [0.3, 0.4) is 0 Å². The monoisotopic (exact) mass is 239 g/mol. The Hall–Kier alpha value is -1.13. The molecule has 17 heavy (non-hydrogen) atoms. The highest BCUT2D eigenvalue weighted by Gasteiger charge is 2.24. The molecule has 1 fully saturated rings. The smallest absolute Gasteiger partial charge is 0.123 e. The van der Waals surface area contributed by atoms with Crippen LogP contribution in [0, 0.1) is 5.82 Å². The molecule has 2 rings (SSSR count). The molecule has 1 N–H and O–H groups in total. The molecular weight excluding hydrogens is 221 g/mol. The Balaban J connectivity index is 2.26. The second-order valence-corrected chi connectivity index (χ2v) is 4.47. The maximum absolute atomic E-state index is 13.2. The van der Waals surface area contributed by atoms with Crippen LogP contribution in [-0.4, -0.2) is 31.4 Å². The number of aliphatic hydroxyl groups excluding tert-OH is 1. The van der Waals surface area contributed by atoms with E-state index in [1.165, 1.54) is 12.1 Å². The molecule has 1 aliphatic heterocycles. The third-order valence-corrected chi connectivity index (χ3v) is 3.26. The molecular formula is C13H18FNO2. The number of methoxy groups -OCH3 is 1. The molecule has 0 aliphatic carbocycles. The van der Waals surface area contributed by atoms with Gasteiger partial charge in [0.25, 0.3) is 0 Å². The Morgan fingerprint density at radius 1 is 1.53 bits per heavy atom. The first kappa shape index (κ1) is 12.3. The van der Waals surface area contributed by atoms with Crippen molar-refractivity contribution in [3.63, 3.8) is 0 Å². The molecule has 1 aromatic rings. The lowest BCUT2D eigenvalue weighted by Crippen LogP contribution is -2.23. The number of nitrogens with zero attached hydrogens (tertiary/aromatic N) is 1. The van der Waals surface area contributed by atoms with Crippen molar-refractivity contribution in [3.05, 3.63) is 29.6 Å². The highest BCUT2D eigenvalue weighted by atomic mass is 19.1. The van der Waals surface area contributed by atoms with Gasteiger partial charge in [-0.15, -0.1) is 0 Å². The van der Waals surface area contributed by atoms with Crippen LogP contribution in [0.1, 0.15) is 25.0 Å². The summed E-state index contributed by atoms with van der Waals surface area (Å²) in [6, 6.07) is 4.57. The minimum Gasteiger partial charge on any atom is -0.389 e. The lowest BCUT2D eigenvalue weighted by Gasteiger charge is -2.23. The zero-order chi connectivity index (χ0) is 12.4. The van der Waals surface area contributed by atoms with Gasteiger partial charge >= 0.3 is 0 Å². The summed E-state index contributed by atoms with van der Waals surface area (Å²) in [6.45, 7) is 3.33. The number of hydrogen-bond donors (Lipinski definition) is 1. The maximum Gasteiger partial charge on any atom is 0.123 e. The molecule has 1 aromatic carbocycles. The quantitative estimate of drug-likeness (QED) is 0.876. The van der Waals surface area contributed by atoms with Gasteiger partial charge < -0.3 is 14.7 Å². The number of aliphatic hydroxyl groups is 1. The van der Waals surface area contributed by atoms with Crippen LogP contribution in [0.5, 0.6) is 0 Å². The summed E-state index contributed by atoms with van der Waals surface area (Å²) >= 11 is 0. The number of anilines is 1. The first-order chi connectivity index (χ1) is 8.11. The van der Waals surface area contributed by atoms with Gasteiger partial charge in [0, 0.05) is 31.5 Å². The van der Waals surface area contributed by atoms with Crippen molar-refractivity contribution in [3.8, 4) is 0 Å². The Labute approximate surface area is 101 Å². The van der Waals surface area contributed by atoms with Crippen molar-refractivity contribution in [2.24, 2.45) is 0 Å². The van der Waals surface area contributed by atoms with E-state index in [0.717, 1.165) is 25.2 Å². The average molecular weight is 239 g/mol. The zero-order valence-electron chi connectivity index (χ0n) is 10.2. The predicted octanol–water partition coefficient (Wildman–Crippen LogP) is 2.10. The summed E-state index contributed by atoms with van der Waals surface area (Å²) in [5, 5.41) is 9.69. The maximum atomic E-state index is 13.2. The summed E-state index contributed by atoms with van der Waals surface area (Å²) in [7, 11) is 1.70. The lowest BCUT2D eigenvalue weighted by atomic mass is 10.1. The number of ether oxygens (including phenoxy) is 1. The van der Waals surface area contributed by atoms with Crippen LogP contribution in [0.4, 0.5) is 10.1 Å². The van der Waals surface area contributed by atoms with E-state index in [2.05, 4.69) is 4.90 Å². The predicted molar refractivity (Wildman–Crippen MR) is 64.7 cm³/mol. The molecule has 2 atom stereocenters. The van der Waals surface area contributed by atoms with Crippen molar-refractivity contribution in [1.29, 1.82) is 0 Å². The molecule has 1 unspecified atom stereocenters. The molecule has 94 valence electrons. The van der Waals surface area contributed by atoms with Gasteiger partial charge in [-0.2, -0.15) is 0 Å². The molecule has 4 heteroatoms. The zero-order valence-corrected chi connectivity index (χ0v) is 10.2. The summed E-state index contributed by atoms with van der Waals surface area (Å²) in [4.78, 5) is 2.13. The SMILES string of the molecule is COC1CCN(c2ccc(F)cc2[C@@H](C)O)C1. The van der Waals surface area contributed by atoms with Gasteiger partial charge in [0.05, 0.1) is 12.2 Å². The molecule has 1 heterocycles. The molecule has 0 saturated carbocycles. The number of benzene rings is 1. The van der Waals surface area contributed by atoms with Crippen molar-refractivity contribution >= 4 is 5.69 Å². The molecule has 0 spiro atoms. The highest BCUT2D eigenvalue weighted by Crippen LogP contribution is 2.30. The van der Waals surface area contributed by atoms with Crippen LogP contribution in [0.25, 0.3) is 0 Å². The standard InChI is InChI=1S/C13H18FNO2/c1-9(16)12-7-10(14)3-4-13(12)15-6-5-11(8-15)17-2/h3-4,7,9,11,16H,5-6,8H2,1-2H3/t9-,11?/m1/s1. The van der Waals surface area contributed by atoms with Crippen molar-refractivity contribution < 1.29 is 14.2 Å². The minimum absolute atomic E-state index is 0.224. The van der Waals surface area contributed by atoms with E-state index in [0.29, 0.717) is 5.56 Å². The van der Waals surface area contributed by atoms with E-state index in [4.69, 9.17) is 4.74 Å². The highest BCUT2D eigenvalue weighted by molar-refractivity contribution is 5.55. The molecule has 3 nitrogen and oxygen atoms in total. The van der Waals surface area contributed by atoms with E-state index < -0.39 is 6.10 Å². The molecule has 0 amide bonds. The second-order valence-electron chi connectivity index (χ2n) is 4.47. The Morgan fingerprint density at radius 3 is 2.88 bits per heavy atom. The number of halogens is 1. The van der Waals surface area contributed by atoms with Crippen molar-refractivity contribution in [2.75, 3.05) is 25.1 Å². The van der Waals surface area contributed by atoms with Gasteiger partial charge in [0.2, 0.25) is 0 Å². The molecule has 0 bridgehead atoms. The third kappa shape index (κ3) is 2.58. The van der Waals surface area contributed by atoms with Crippen LogP contribution in [-0.2, 0) is 4.74 Å². The van der Waals surface area contributed by atoms with E-state index in [9.17, 15) is 9.50 Å². The van der Waals surface area contributed by atoms with Crippen molar-refractivity contribution in [1.82, 2.24) is 0 Å². The van der Waals surface area contributed by atoms with Gasteiger partial charge in [-0.3, -0.25) is 0 Å². The van der Waals surface area contributed by atoms with E-state index >= 15 is 0 Å². The second kappa shape index (κ2) is 5.02. The number of rotatable bonds is 3. The normalized spacial score (nSPS) is 21.9. The van der Waals surface area contributed by atoms with Gasteiger partial charge in [-0.05, 0) is 31.5 Å². The topological polar surface area (TPSA) is 32.7 Å². The fourth-order valence-electron chi connectivity index (χ4n) is 2.29. The van der Waals surface area contributed by atoms with Gasteiger partial charge in [-0.1, -0.05) is 0 Å². The average Bonchev–Trinajstić information content (AvgIpc) is 2.77.